The van der Waals surface area contributed by atoms with E-state index in [9.17, 15) is 10.0 Å². The maximum Gasteiger partial charge on any atom is 0.272 e. The van der Waals surface area contributed by atoms with E-state index in [1.165, 1.54) is 5.56 Å². The minimum Gasteiger partial charge on any atom is -0.618 e. The second-order valence-electron chi connectivity index (χ2n) is 7.25. The predicted octanol–water partition coefficient (Wildman–Crippen LogP) is 4.43. The highest BCUT2D eigenvalue weighted by atomic mass is 16.5. The lowest BCUT2D eigenvalue weighted by Crippen LogP contribution is -2.17. The molecule has 0 atom stereocenters. The van der Waals surface area contributed by atoms with E-state index >= 15 is 0 Å². The van der Waals surface area contributed by atoms with E-state index < -0.39 is 0 Å². The van der Waals surface area contributed by atoms with Crippen LogP contribution in [0.1, 0.15) is 53.4 Å². The Kier molecular flexibility index (Phi) is 3.40. The summed E-state index contributed by atoms with van der Waals surface area (Å²) in [4.78, 5) is 12.7. The summed E-state index contributed by atoms with van der Waals surface area (Å²) in [6, 6.07) is 11.3. The van der Waals surface area contributed by atoms with E-state index in [4.69, 9.17) is 0 Å². The number of rotatable bonds is 1. The first-order chi connectivity index (χ1) is 10.7. The quantitative estimate of drug-likeness (QED) is 0.578. The Hall–Kier alpha value is -2.42. The van der Waals surface area contributed by atoms with E-state index in [0.29, 0.717) is 16.8 Å². The lowest BCUT2D eigenvalue weighted by atomic mass is 9.86. The first-order valence-electron chi connectivity index (χ1n) is 7.81. The van der Waals surface area contributed by atoms with Gasteiger partial charge in [-0.1, -0.05) is 32.9 Å². The molecule has 118 valence electrons. The number of Topliss-reactive ketones (excluding diaryl/α,β-unsaturated/α-hetero) is 1. The average Bonchev–Trinajstić information content (AvgIpc) is 2.71. The number of carbonyl (C=O) groups is 1. The number of carbonyl (C=O) groups excluding carboxylic acids is 1. The summed E-state index contributed by atoms with van der Waals surface area (Å²) in [6.45, 7) is 10.3. The Labute approximate surface area is 136 Å². The van der Waals surface area contributed by atoms with Gasteiger partial charge in [-0.3, -0.25) is 4.79 Å². The van der Waals surface area contributed by atoms with Crippen LogP contribution in [0.4, 0.5) is 5.69 Å². The normalized spacial score (nSPS) is 14.4. The van der Waals surface area contributed by atoms with Crippen LogP contribution in [-0.4, -0.2) is 16.2 Å². The lowest BCUT2D eigenvalue weighted by molar-refractivity contribution is -0.355. The molecule has 0 saturated heterocycles. The first kappa shape index (κ1) is 15.5. The number of fused-ring (bicyclic) bond motifs is 1. The van der Waals surface area contributed by atoms with Crippen LogP contribution in [0.2, 0.25) is 0 Å². The Bertz CT molecular complexity index is 837. The molecule has 1 aliphatic heterocycles. The topological polar surface area (TPSA) is 43.1 Å². The monoisotopic (exact) mass is 307 g/mol. The summed E-state index contributed by atoms with van der Waals surface area (Å²) in [7, 11) is 0. The van der Waals surface area contributed by atoms with Gasteiger partial charge in [0.25, 0.3) is 11.5 Å². The van der Waals surface area contributed by atoms with Crippen LogP contribution in [0.3, 0.4) is 0 Å². The number of nitrogens with zero attached hydrogens (tertiary/aromatic N) is 1. The number of hydrogen-bond acceptors (Lipinski definition) is 2. The van der Waals surface area contributed by atoms with Crippen molar-refractivity contribution >= 4 is 17.2 Å². The fraction of sp³-hybridized carbons (Fsp3) is 0.300. The second-order valence-corrected chi connectivity index (χ2v) is 7.25. The molecule has 1 heterocycles. The zero-order chi connectivity index (χ0) is 16.9. The number of ketones is 1. The molecule has 3 heteroatoms. The molecule has 0 unspecified atom stereocenters. The van der Waals surface area contributed by atoms with Crippen LogP contribution in [0.25, 0.3) is 0 Å². The van der Waals surface area contributed by atoms with Crippen LogP contribution >= 0.6 is 0 Å². The molecule has 0 N–H and O–H groups in total. The van der Waals surface area contributed by atoms with Gasteiger partial charge in [-0.25, -0.2) is 0 Å². The van der Waals surface area contributed by atoms with Gasteiger partial charge >= 0.3 is 0 Å². The number of aryl methyl sites for hydroxylation is 2. The summed E-state index contributed by atoms with van der Waals surface area (Å²) in [5.41, 5.74) is 5.09. The molecule has 0 spiro atoms. The van der Waals surface area contributed by atoms with Crippen LogP contribution in [-0.2, 0) is 5.41 Å². The highest BCUT2D eigenvalue weighted by Crippen LogP contribution is 2.31. The number of hydrogen-bond donors (Lipinski definition) is 0. The minimum atomic E-state index is -0.193. The van der Waals surface area contributed by atoms with E-state index in [0.717, 1.165) is 15.9 Å². The predicted molar refractivity (Wildman–Crippen MR) is 92.8 cm³/mol. The first-order valence-corrected chi connectivity index (χ1v) is 7.81. The molecule has 0 aromatic heterocycles. The summed E-state index contributed by atoms with van der Waals surface area (Å²) in [5, 5.41) is 12.6. The van der Waals surface area contributed by atoms with Gasteiger partial charge in [0, 0.05) is 6.07 Å². The van der Waals surface area contributed by atoms with Crippen molar-refractivity contribution in [1.82, 2.24) is 0 Å². The molecule has 3 rings (SSSR count). The number of benzene rings is 2. The fourth-order valence-corrected chi connectivity index (χ4v) is 2.87. The van der Waals surface area contributed by atoms with Gasteiger partial charge in [-0.15, -0.1) is 0 Å². The third-order valence-electron chi connectivity index (χ3n) is 4.52. The molecule has 0 radical (unpaired) electrons. The molecular weight excluding hydrogens is 286 g/mol. The minimum absolute atomic E-state index is 0.0389. The highest BCUT2D eigenvalue weighted by molar-refractivity contribution is 6.52. The smallest absolute Gasteiger partial charge is 0.272 e. The molecular formula is C20H21NO2. The summed E-state index contributed by atoms with van der Waals surface area (Å²) in [6.07, 6.45) is 0. The van der Waals surface area contributed by atoms with Gasteiger partial charge in [0.05, 0.1) is 5.56 Å². The molecule has 0 bridgehead atoms. The van der Waals surface area contributed by atoms with E-state index in [1.54, 1.807) is 6.07 Å². The van der Waals surface area contributed by atoms with Crippen molar-refractivity contribution in [2.24, 2.45) is 0 Å². The van der Waals surface area contributed by atoms with Gasteiger partial charge in [0.15, 0.2) is 0 Å². The van der Waals surface area contributed by atoms with Crippen molar-refractivity contribution in [3.63, 3.8) is 0 Å². The van der Waals surface area contributed by atoms with Gasteiger partial charge in [0.1, 0.15) is 5.56 Å². The molecule has 1 aliphatic rings. The van der Waals surface area contributed by atoms with E-state index in [1.807, 2.05) is 44.2 Å². The summed E-state index contributed by atoms with van der Waals surface area (Å²) in [5.74, 6) is -0.193. The SMILES string of the molecule is Cc1cc2c(cc1C)[N+]([O-])=C(c1ccc(C(C)(C)C)cc1)C2=O. The van der Waals surface area contributed by atoms with Crippen molar-refractivity contribution in [3.8, 4) is 0 Å². The zero-order valence-corrected chi connectivity index (χ0v) is 14.2. The average molecular weight is 307 g/mol. The molecule has 2 aromatic rings. The van der Waals surface area contributed by atoms with Crippen LogP contribution in [0.5, 0.6) is 0 Å². The Balaban J connectivity index is 2.09. The Morgan fingerprint density at radius 2 is 1.52 bits per heavy atom. The third kappa shape index (κ3) is 2.46. The maximum absolute atomic E-state index is 12.7. The standard InChI is InChI=1S/C20H21NO2/c1-12-10-16-17(11-13(12)2)21(23)18(19(16)22)14-6-8-15(9-7-14)20(3,4)5/h6-11H,1-5H3. The molecule has 0 saturated carbocycles. The van der Waals surface area contributed by atoms with Crippen LogP contribution in [0, 0.1) is 19.1 Å². The second kappa shape index (κ2) is 5.05. The largest absolute Gasteiger partial charge is 0.618 e. The van der Waals surface area contributed by atoms with Gasteiger partial charge in [-0.2, -0.15) is 4.74 Å². The van der Waals surface area contributed by atoms with Crippen molar-refractivity contribution in [2.45, 2.75) is 40.0 Å². The zero-order valence-electron chi connectivity index (χ0n) is 14.2. The third-order valence-corrected chi connectivity index (χ3v) is 4.52. The van der Waals surface area contributed by atoms with Crippen molar-refractivity contribution in [1.29, 1.82) is 0 Å². The van der Waals surface area contributed by atoms with Crippen LogP contribution in [0.15, 0.2) is 36.4 Å². The van der Waals surface area contributed by atoms with Crippen LogP contribution < -0.4 is 0 Å². The molecule has 3 nitrogen and oxygen atoms in total. The molecule has 0 fully saturated rings. The molecule has 2 aromatic carbocycles. The Morgan fingerprint density at radius 3 is 2.09 bits per heavy atom. The van der Waals surface area contributed by atoms with Gasteiger partial charge in [0.2, 0.25) is 5.69 Å². The molecule has 0 amide bonds. The van der Waals surface area contributed by atoms with Gasteiger partial charge in [-0.05, 0) is 54.2 Å². The molecule has 0 aliphatic carbocycles. The summed E-state index contributed by atoms with van der Waals surface area (Å²) < 4.78 is 0.774. The Morgan fingerprint density at radius 1 is 0.957 bits per heavy atom. The maximum atomic E-state index is 12.7. The van der Waals surface area contributed by atoms with E-state index in [-0.39, 0.29) is 16.9 Å². The van der Waals surface area contributed by atoms with Crippen molar-refractivity contribution < 1.29 is 9.53 Å². The fourth-order valence-electron chi connectivity index (χ4n) is 2.87. The van der Waals surface area contributed by atoms with Crippen molar-refractivity contribution in [2.75, 3.05) is 0 Å². The summed E-state index contributed by atoms with van der Waals surface area (Å²) >= 11 is 0. The van der Waals surface area contributed by atoms with Crippen molar-refractivity contribution in [3.05, 3.63) is 69.4 Å². The van der Waals surface area contributed by atoms with Gasteiger partial charge < -0.3 is 5.21 Å². The highest BCUT2D eigenvalue weighted by Gasteiger charge is 2.37. The van der Waals surface area contributed by atoms with E-state index in [2.05, 4.69) is 20.8 Å². The molecule has 23 heavy (non-hydrogen) atoms. The lowest BCUT2D eigenvalue weighted by Gasteiger charge is -2.18.